The predicted molar refractivity (Wildman–Crippen MR) is 64.1 cm³/mol. The lowest BCUT2D eigenvalue weighted by atomic mass is 10.3. The Morgan fingerprint density at radius 2 is 2.00 bits per heavy atom. The maximum atomic E-state index is 5.83. The predicted octanol–water partition coefficient (Wildman–Crippen LogP) is 4.40. The minimum Gasteiger partial charge on any atom is -0.430 e. The summed E-state index contributed by atoms with van der Waals surface area (Å²) in [6.45, 7) is 0. The number of halogens is 3. The van der Waals surface area contributed by atoms with Crippen LogP contribution >= 0.6 is 50.5 Å². The number of benzene rings is 1. The molecule has 78 valence electrons. The number of aromatic nitrogens is 2. The summed E-state index contributed by atoms with van der Waals surface area (Å²) >= 11 is 16.1. The molecule has 0 aliphatic heterocycles. The first-order valence-electron chi connectivity index (χ1n) is 3.77. The van der Waals surface area contributed by atoms with E-state index in [-0.39, 0.29) is 0 Å². The lowest BCUT2D eigenvalue weighted by Gasteiger charge is -2.01. The normalized spacial score (nSPS) is 10.3. The SMILES string of the molecule is Clc1ccc(Oc2nnc(Br)s2)cc1Cl. The van der Waals surface area contributed by atoms with Gasteiger partial charge < -0.3 is 4.74 Å². The minimum absolute atomic E-state index is 0.442. The van der Waals surface area contributed by atoms with Crippen molar-refractivity contribution in [1.82, 2.24) is 10.2 Å². The molecule has 0 bridgehead atoms. The third-order valence-electron chi connectivity index (χ3n) is 1.48. The Kier molecular flexibility index (Phi) is 3.45. The number of rotatable bonds is 2. The average Bonchev–Trinajstić information content (AvgIpc) is 2.58. The Morgan fingerprint density at radius 1 is 1.20 bits per heavy atom. The van der Waals surface area contributed by atoms with Gasteiger partial charge in [-0.25, -0.2) is 0 Å². The summed E-state index contributed by atoms with van der Waals surface area (Å²) in [6, 6.07) is 5.00. The van der Waals surface area contributed by atoms with Crippen LogP contribution in [0.4, 0.5) is 0 Å². The van der Waals surface area contributed by atoms with Crippen LogP contribution in [0.5, 0.6) is 10.9 Å². The van der Waals surface area contributed by atoms with Gasteiger partial charge in [0.2, 0.25) is 0 Å². The molecule has 0 spiro atoms. The molecule has 7 heteroatoms. The highest BCUT2D eigenvalue weighted by molar-refractivity contribution is 9.11. The molecule has 1 aromatic carbocycles. The van der Waals surface area contributed by atoms with Gasteiger partial charge in [0.25, 0.3) is 5.19 Å². The van der Waals surface area contributed by atoms with E-state index >= 15 is 0 Å². The van der Waals surface area contributed by atoms with Gasteiger partial charge in [0.15, 0.2) is 3.92 Å². The molecule has 0 unspecified atom stereocenters. The van der Waals surface area contributed by atoms with Crippen LogP contribution < -0.4 is 4.74 Å². The molecule has 0 aliphatic carbocycles. The van der Waals surface area contributed by atoms with Crippen molar-refractivity contribution in [3.63, 3.8) is 0 Å². The first-order chi connectivity index (χ1) is 7.15. The van der Waals surface area contributed by atoms with Crippen LogP contribution in [-0.2, 0) is 0 Å². The molecule has 0 N–H and O–H groups in total. The van der Waals surface area contributed by atoms with Crippen molar-refractivity contribution in [3.05, 3.63) is 32.2 Å². The van der Waals surface area contributed by atoms with Crippen LogP contribution in [0.25, 0.3) is 0 Å². The lowest BCUT2D eigenvalue weighted by Crippen LogP contribution is -1.83. The Hall–Kier alpha value is -0.360. The maximum Gasteiger partial charge on any atom is 0.300 e. The third kappa shape index (κ3) is 2.81. The Labute approximate surface area is 108 Å². The van der Waals surface area contributed by atoms with Crippen molar-refractivity contribution >= 4 is 50.5 Å². The molecular formula is C8H3BrCl2N2OS. The van der Waals surface area contributed by atoms with Gasteiger partial charge in [-0.15, -0.1) is 5.10 Å². The standard InChI is InChI=1S/C8H3BrCl2N2OS/c9-7-12-13-8(15-7)14-4-1-2-5(10)6(11)3-4/h1-3H. The van der Waals surface area contributed by atoms with Gasteiger partial charge in [0, 0.05) is 6.07 Å². The second-order valence-corrected chi connectivity index (χ2v) is 5.53. The molecule has 15 heavy (non-hydrogen) atoms. The Balaban J connectivity index is 2.21. The quantitative estimate of drug-likeness (QED) is 0.820. The molecule has 2 aromatic rings. The van der Waals surface area contributed by atoms with Crippen LogP contribution in [0, 0.1) is 0 Å². The van der Waals surface area contributed by atoms with Crippen LogP contribution in [0.15, 0.2) is 22.1 Å². The van der Waals surface area contributed by atoms with Crippen LogP contribution in [0.3, 0.4) is 0 Å². The van der Waals surface area contributed by atoms with Gasteiger partial charge in [-0.1, -0.05) is 28.3 Å². The molecular weight excluding hydrogens is 323 g/mol. The van der Waals surface area contributed by atoms with E-state index in [1.54, 1.807) is 18.2 Å². The third-order valence-corrected chi connectivity index (χ3v) is 3.45. The zero-order valence-electron chi connectivity index (χ0n) is 7.08. The zero-order valence-corrected chi connectivity index (χ0v) is 11.0. The van der Waals surface area contributed by atoms with Gasteiger partial charge in [-0.05, 0) is 39.4 Å². The lowest BCUT2D eigenvalue weighted by molar-refractivity contribution is 0.473. The van der Waals surface area contributed by atoms with Gasteiger partial charge in [0.1, 0.15) is 5.75 Å². The van der Waals surface area contributed by atoms with Crippen molar-refractivity contribution in [2.75, 3.05) is 0 Å². The Morgan fingerprint density at radius 3 is 2.60 bits per heavy atom. The van der Waals surface area contributed by atoms with Gasteiger partial charge in [0.05, 0.1) is 10.0 Å². The van der Waals surface area contributed by atoms with Crippen molar-refractivity contribution in [2.24, 2.45) is 0 Å². The molecule has 0 radical (unpaired) electrons. The van der Waals surface area contributed by atoms with Crippen molar-refractivity contribution in [2.45, 2.75) is 0 Å². The molecule has 3 nitrogen and oxygen atoms in total. The summed E-state index contributed by atoms with van der Waals surface area (Å²) < 4.78 is 6.07. The highest BCUT2D eigenvalue weighted by Crippen LogP contribution is 2.31. The topological polar surface area (TPSA) is 35.0 Å². The van der Waals surface area contributed by atoms with Crippen molar-refractivity contribution in [3.8, 4) is 10.9 Å². The number of hydrogen-bond acceptors (Lipinski definition) is 4. The van der Waals surface area contributed by atoms with E-state index in [9.17, 15) is 0 Å². The summed E-state index contributed by atoms with van der Waals surface area (Å²) in [5.41, 5.74) is 0. The van der Waals surface area contributed by atoms with Gasteiger partial charge in [-0.2, -0.15) is 0 Å². The summed E-state index contributed by atoms with van der Waals surface area (Å²) in [6.07, 6.45) is 0. The van der Waals surface area contributed by atoms with E-state index in [0.29, 0.717) is 24.9 Å². The van der Waals surface area contributed by atoms with Crippen molar-refractivity contribution < 1.29 is 4.74 Å². The van der Waals surface area contributed by atoms with E-state index in [0.717, 1.165) is 0 Å². The number of nitrogens with zero attached hydrogens (tertiary/aromatic N) is 2. The van der Waals surface area contributed by atoms with Crippen LogP contribution in [-0.4, -0.2) is 10.2 Å². The summed E-state index contributed by atoms with van der Waals surface area (Å²) in [5, 5.41) is 8.92. The van der Waals surface area contributed by atoms with E-state index in [1.807, 2.05) is 0 Å². The van der Waals surface area contributed by atoms with Crippen molar-refractivity contribution in [1.29, 1.82) is 0 Å². The zero-order chi connectivity index (χ0) is 10.8. The minimum atomic E-state index is 0.442. The monoisotopic (exact) mass is 324 g/mol. The second-order valence-electron chi connectivity index (χ2n) is 2.50. The highest BCUT2D eigenvalue weighted by Gasteiger charge is 2.05. The fourth-order valence-electron chi connectivity index (χ4n) is 0.875. The van der Waals surface area contributed by atoms with Crippen LogP contribution in [0.2, 0.25) is 10.0 Å². The highest BCUT2D eigenvalue weighted by atomic mass is 79.9. The van der Waals surface area contributed by atoms with E-state index in [4.69, 9.17) is 27.9 Å². The summed E-state index contributed by atoms with van der Waals surface area (Å²) in [7, 11) is 0. The number of hydrogen-bond donors (Lipinski definition) is 0. The fraction of sp³-hybridized carbons (Fsp3) is 0. The summed E-state index contributed by atoms with van der Waals surface area (Å²) in [4.78, 5) is 0. The molecule has 0 saturated heterocycles. The van der Waals surface area contributed by atoms with Gasteiger partial charge >= 0.3 is 0 Å². The molecule has 0 atom stereocenters. The molecule has 1 heterocycles. The first-order valence-corrected chi connectivity index (χ1v) is 6.13. The van der Waals surface area contributed by atoms with E-state index in [1.165, 1.54) is 11.3 Å². The van der Waals surface area contributed by atoms with E-state index in [2.05, 4.69) is 26.1 Å². The molecule has 0 aliphatic rings. The van der Waals surface area contributed by atoms with Crippen LogP contribution in [0.1, 0.15) is 0 Å². The second kappa shape index (κ2) is 4.65. The first kappa shape index (κ1) is 11.1. The molecule has 0 fully saturated rings. The molecule has 1 aromatic heterocycles. The molecule has 2 rings (SSSR count). The maximum absolute atomic E-state index is 5.83. The number of ether oxygens (including phenoxy) is 1. The molecule has 0 amide bonds. The largest absolute Gasteiger partial charge is 0.430 e. The van der Waals surface area contributed by atoms with Gasteiger partial charge in [-0.3, -0.25) is 0 Å². The van der Waals surface area contributed by atoms with E-state index < -0.39 is 0 Å². The fourth-order valence-corrected chi connectivity index (χ4v) is 2.10. The Bertz CT molecular complexity index is 491. The smallest absolute Gasteiger partial charge is 0.300 e. The average molecular weight is 326 g/mol. The molecule has 0 saturated carbocycles. The summed E-state index contributed by atoms with van der Waals surface area (Å²) in [5.74, 6) is 0.577.